The first-order valence-corrected chi connectivity index (χ1v) is 9.54. The number of carboxylic acids is 1. The zero-order valence-corrected chi connectivity index (χ0v) is 16.6. The Morgan fingerprint density at radius 3 is 2.90 bits per heavy atom. The van der Waals surface area contributed by atoms with Crippen LogP contribution in [0.15, 0.2) is 59.9 Å². The zero-order chi connectivity index (χ0) is 22.0. The number of rotatable bonds is 7. The van der Waals surface area contributed by atoms with E-state index >= 15 is 0 Å². The molecule has 1 aliphatic rings. The van der Waals surface area contributed by atoms with Crippen molar-refractivity contribution in [3.05, 3.63) is 71.1 Å². The fourth-order valence-electron chi connectivity index (χ4n) is 3.29. The number of carbonyl (C=O) groups is 2. The van der Waals surface area contributed by atoms with Gasteiger partial charge in [-0.15, -0.1) is 0 Å². The predicted molar refractivity (Wildman–Crippen MR) is 115 cm³/mol. The molecule has 0 saturated carbocycles. The number of nitrogens with zero attached hydrogens (tertiary/aromatic N) is 1. The molecule has 0 amide bonds. The third-order valence-corrected chi connectivity index (χ3v) is 4.79. The maximum Gasteiger partial charge on any atom is 0.345 e. The summed E-state index contributed by atoms with van der Waals surface area (Å²) in [6.07, 6.45) is 4.82. The molecule has 0 unspecified atom stereocenters. The average molecular weight is 420 g/mol. The van der Waals surface area contributed by atoms with Crippen molar-refractivity contribution >= 4 is 40.2 Å². The van der Waals surface area contributed by atoms with Gasteiger partial charge in [0, 0.05) is 41.3 Å². The largest absolute Gasteiger partial charge is 0.477 e. The number of allylic oxidation sites excluding steroid dienone is 1. The number of pyridine rings is 1. The lowest BCUT2D eigenvalue weighted by Crippen LogP contribution is -2.12. The Morgan fingerprint density at radius 1 is 1.32 bits per heavy atom. The van der Waals surface area contributed by atoms with E-state index in [1.54, 1.807) is 30.6 Å². The summed E-state index contributed by atoms with van der Waals surface area (Å²) in [5.74, 6) is -2.33. The molecule has 9 heteroatoms. The van der Waals surface area contributed by atoms with Crippen molar-refractivity contribution in [2.24, 2.45) is 0 Å². The van der Waals surface area contributed by atoms with E-state index < -0.39 is 17.3 Å². The van der Waals surface area contributed by atoms with Crippen LogP contribution in [0, 0.1) is 6.92 Å². The van der Waals surface area contributed by atoms with Gasteiger partial charge < -0.3 is 30.6 Å². The third kappa shape index (κ3) is 3.99. The topological polar surface area (TPSA) is 137 Å². The van der Waals surface area contributed by atoms with Crippen LogP contribution >= 0.6 is 0 Å². The van der Waals surface area contributed by atoms with Crippen LogP contribution in [0.2, 0.25) is 0 Å². The quantitative estimate of drug-likeness (QED) is 0.291. The Labute approximate surface area is 177 Å². The molecule has 1 aromatic carbocycles. The minimum Gasteiger partial charge on any atom is -0.477 e. The van der Waals surface area contributed by atoms with Crippen LogP contribution in [0.25, 0.3) is 17.1 Å². The van der Waals surface area contributed by atoms with E-state index in [0.717, 1.165) is 16.6 Å². The number of hydrogen-bond donors (Lipinski definition) is 5. The Bertz CT molecular complexity index is 1240. The summed E-state index contributed by atoms with van der Waals surface area (Å²) in [7, 11) is 0. The first-order chi connectivity index (χ1) is 15.0. The van der Waals surface area contributed by atoms with Crippen molar-refractivity contribution in [2.45, 2.75) is 6.92 Å². The van der Waals surface area contributed by atoms with Crippen LogP contribution in [-0.2, 0) is 14.3 Å². The molecule has 1 aliphatic heterocycles. The van der Waals surface area contributed by atoms with E-state index in [4.69, 9.17) is 9.84 Å². The van der Waals surface area contributed by atoms with E-state index in [0.29, 0.717) is 23.4 Å². The molecule has 0 fully saturated rings. The molecule has 0 aliphatic carbocycles. The number of aliphatic hydroxyl groups excluding tert-OH is 1. The monoisotopic (exact) mass is 420 g/mol. The van der Waals surface area contributed by atoms with Gasteiger partial charge in [0.15, 0.2) is 11.3 Å². The van der Waals surface area contributed by atoms with Gasteiger partial charge in [0.05, 0.1) is 6.61 Å². The minimum absolute atomic E-state index is 0.00542. The highest BCUT2D eigenvalue weighted by molar-refractivity contribution is 6.26. The first-order valence-electron chi connectivity index (χ1n) is 9.54. The van der Waals surface area contributed by atoms with Gasteiger partial charge in [-0.05, 0) is 48.9 Å². The van der Waals surface area contributed by atoms with E-state index in [9.17, 15) is 14.7 Å². The van der Waals surface area contributed by atoms with Crippen LogP contribution in [-0.4, -0.2) is 45.1 Å². The number of ether oxygens (including phenoxy) is 1. The summed E-state index contributed by atoms with van der Waals surface area (Å²) in [5.41, 5.74) is 3.04. The smallest absolute Gasteiger partial charge is 0.345 e. The zero-order valence-electron chi connectivity index (χ0n) is 16.6. The SMILES string of the molecule is Cc1cc(NCCO)ccc1NC1=C(C(=O)O)C(=O)C(=Cc2c[nH]c3ncccc23)O1. The van der Waals surface area contributed by atoms with Gasteiger partial charge >= 0.3 is 5.97 Å². The van der Waals surface area contributed by atoms with Crippen molar-refractivity contribution in [1.82, 2.24) is 9.97 Å². The van der Waals surface area contributed by atoms with Crippen LogP contribution in [0.3, 0.4) is 0 Å². The van der Waals surface area contributed by atoms with Gasteiger partial charge in [0.1, 0.15) is 5.65 Å². The van der Waals surface area contributed by atoms with Crippen LogP contribution < -0.4 is 10.6 Å². The number of fused-ring (bicyclic) bond motifs is 1. The standard InChI is InChI=1S/C22H20N4O5/c1-12-9-14(23-7-8-27)4-5-16(12)26-21-18(22(29)30)19(28)17(31-21)10-13-11-25-20-15(13)3-2-6-24-20/h2-6,9-11,23,26-27H,7-8H2,1H3,(H,24,25)(H,29,30). The molecular weight excluding hydrogens is 400 g/mol. The molecule has 2 aromatic heterocycles. The van der Waals surface area contributed by atoms with E-state index in [2.05, 4.69) is 20.6 Å². The highest BCUT2D eigenvalue weighted by Crippen LogP contribution is 2.31. The number of carbonyl (C=O) groups excluding carboxylic acids is 1. The number of aromatic nitrogens is 2. The van der Waals surface area contributed by atoms with Crippen molar-refractivity contribution in [3.8, 4) is 0 Å². The fourth-order valence-corrected chi connectivity index (χ4v) is 3.29. The summed E-state index contributed by atoms with van der Waals surface area (Å²) in [6.45, 7) is 2.25. The highest BCUT2D eigenvalue weighted by atomic mass is 16.5. The number of anilines is 2. The Balaban J connectivity index is 1.63. The van der Waals surface area contributed by atoms with Gasteiger partial charge in [0.2, 0.25) is 11.7 Å². The van der Waals surface area contributed by atoms with Crippen LogP contribution in [0.1, 0.15) is 11.1 Å². The van der Waals surface area contributed by atoms with Crippen molar-refractivity contribution < 1.29 is 24.5 Å². The van der Waals surface area contributed by atoms with Gasteiger partial charge in [-0.2, -0.15) is 0 Å². The van der Waals surface area contributed by atoms with Gasteiger partial charge in [0.25, 0.3) is 0 Å². The third-order valence-electron chi connectivity index (χ3n) is 4.79. The second kappa shape index (κ2) is 8.33. The molecule has 9 nitrogen and oxygen atoms in total. The molecule has 4 rings (SSSR count). The summed E-state index contributed by atoms with van der Waals surface area (Å²) in [6, 6.07) is 8.96. The number of Topliss-reactive ketones (excluding diaryl/α,β-unsaturated/α-hetero) is 1. The number of carboxylic acid groups (broad SMARTS) is 1. The molecule has 0 radical (unpaired) electrons. The van der Waals surface area contributed by atoms with Gasteiger partial charge in [-0.3, -0.25) is 4.79 Å². The first kappa shape index (κ1) is 20.2. The van der Waals surface area contributed by atoms with Crippen molar-refractivity contribution in [2.75, 3.05) is 23.8 Å². The number of nitrogens with one attached hydrogen (secondary N) is 3. The molecule has 31 heavy (non-hydrogen) atoms. The normalized spacial score (nSPS) is 14.9. The van der Waals surface area contributed by atoms with Gasteiger partial charge in [-0.25, -0.2) is 9.78 Å². The molecule has 0 saturated heterocycles. The number of aryl methyl sites for hydroxylation is 1. The average Bonchev–Trinajstić information content (AvgIpc) is 3.29. The number of benzene rings is 1. The number of aliphatic carboxylic acids is 1. The Morgan fingerprint density at radius 2 is 2.16 bits per heavy atom. The van der Waals surface area contributed by atoms with Crippen LogP contribution in [0.4, 0.5) is 11.4 Å². The summed E-state index contributed by atoms with van der Waals surface area (Å²) in [4.78, 5) is 31.7. The molecule has 5 N–H and O–H groups in total. The highest BCUT2D eigenvalue weighted by Gasteiger charge is 2.36. The maximum atomic E-state index is 12.7. The summed E-state index contributed by atoms with van der Waals surface area (Å²) < 4.78 is 5.64. The molecule has 0 atom stereocenters. The van der Waals surface area contributed by atoms with E-state index in [-0.39, 0.29) is 18.2 Å². The second-order valence-corrected chi connectivity index (χ2v) is 6.90. The Kier molecular flexibility index (Phi) is 5.42. The molecule has 3 heterocycles. The number of ketones is 1. The second-order valence-electron chi connectivity index (χ2n) is 6.90. The molecule has 0 spiro atoms. The molecule has 0 bridgehead atoms. The lowest BCUT2D eigenvalue weighted by atomic mass is 10.1. The van der Waals surface area contributed by atoms with E-state index in [1.807, 2.05) is 19.1 Å². The number of hydrogen-bond acceptors (Lipinski definition) is 7. The lowest BCUT2D eigenvalue weighted by Gasteiger charge is -2.13. The minimum atomic E-state index is -1.38. The van der Waals surface area contributed by atoms with Crippen LogP contribution in [0.5, 0.6) is 0 Å². The maximum absolute atomic E-state index is 12.7. The summed E-state index contributed by atoms with van der Waals surface area (Å²) in [5, 5.41) is 25.3. The van der Waals surface area contributed by atoms with E-state index in [1.165, 1.54) is 6.08 Å². The number of aliphatic hydroxyl groups is 1. The molecule has 158 valence electrons. The number of aromatic amines is 1. The lowest BCUT2D eigenvalue weighted by molar-refractivity contribution is -0.134. The van der Waals surface area contributed by atoms with Gasteiger partial charge in [-0.1, -0.05) is 0 Å². The summed E-state index contributed by atoms with van der Waals surface area (Å²) >= 11 is 0. The Hall–Kier alpha value is -4.11. The molecular formula is C22H20N4O5. The number of H-pyrrole nitrogens is 1. The fraction of sp³-hybridized carbons (Fsp3) is 0.136. The predicted octanol–water partition coefficient (Wildman–Crippen LogP) is 2.62. The van der Waals surface area contributed by atoms with Crippen molar-refractivity contribution in [3.63, 3.8) is 0 Å². The molecule has 3 aromatic rings. The van der Waals surface area contributed by atoms with Crippen molar-refractivity contribution in [1.29, 1.82) is 0 Å².